The van der Waals surface area contributed by atoms with E-state index in [1.807, 2.05) is 0 Å². The first-order valence-electron chi connectivity index (χ1n) is 7.36. The zero-order chi connectivity index (χ0) is 12.9. The summed E-state index contributed by atoms with van der Waals surface area (Å²) in [5.74, 6) is 1.14. The normalized spacial score (nSPS) is 22.9. The minimum Gasteiger partial charge on any atom is -0.372 e. The fourth-order valence-corrected chi connectivity index (χ4v) is 4.01. The maximum atomic E-state index is 6.36. The molecule has 1 saturated carbocycles. The van der Waals surface area contributed by atoms with Crippen LogP contribution in [0.15, 0.2) is 17.1 Å². The Morgan fingerprint density at radius 3 is 2.89 bits per heavy atom. The lowest BCUT2D eigenvalue weighted by Crippen LogP contribution is -2.23. The lowest BCUT2D eigenvalue weighted by molar-refractivity contribution is 0.540. The Morgan fingerprint density at radius 1 is 1.26 bits per heavy atom. The second kappa shape index (κ2) is 4.24. The van der Waals surface area contributed by atoms with Crippen LogP contribution in [-0.2, 0) is 18.3 Å². The third-order valence-corrected chi connectivity index (χ3v) is 5.13. The van der Waals surface area contributed by atoms with Crippen molar-refractivity contribution in [3.8, 4) is 0 Å². The average molecular weight is 275 g/mol. The van der Waals surface area contributed by atoms with Crippen LogP contribution in [0.2, 0.25) is 5.02 Å². The van der Waals surface area contributed by atoms with E-state index in [0.29, 0.717) is 5.41 Å². The number of fused-ring (bicyclic) bond motifs is 2. The number of amidine groups is 1. The van der Waals surface area contributed by atoms with Crippen LogP contribution in [0.3, 0.4) is 0 Å². The Bertz CT molecular complexity index is 558. The van der Waals surface area contributed by atoms with Gasteiger partial charge in [-0.2, -0.15) is 0 Å². The topological polar surface area (TPSA) is 24.4 Å². The molecule has 1 aromatic carbocycles. The van der Waals surface area contributed by atoms with E-state index in [9.17, 15) is 0 Å². The van der Waals surface area contributed by atoms with Crippen molar-refractivity contribution in [2.75, 3.05) is 13.1 Å². The summed E-state index contributed by atoms with van der Waals surface area (Å²) in [5.41, 5.74) is 5.03. The molecule has 1 aromatic rings. The Hall–Kier alpha value is -1.02. The van der Waals surface area contributed by atoms with E-state index in [-0.39, 0.29) is 0 Å². The summed E-state index contributed by atoms with van der Waals surface area (Å²) in [5, 5.41) is 4.28. The molecular formula is C16H19ClN2. The molecule has 0 unspecified atom stereocenters. The van der Waals surface area contributed by atoms with Crippen LogP contribution in [0.1, 0.15) is 42.4 Å². The van der Waals surface area contributed by atoms with Gasteiger partial charge in [0.05, 0.1) is 6.54 Å². The molecule has 1 fully saturated rings. The van der Waals surface area contributed by atoms with Gasteiger partial charge in [-0.05, 0) is 66.3 Å². The smallest absolute Gasteiger partial charge is 0.101 e. The highest BCUT2D eigenvalue weighted by Gasteiger charge is 2.47. The van der Waals surface area contributed by atoms with Crippen molar-refractivity contribution in [1.82, 2.24) is 5.32 Å². The van der Waals surface area contributed by atoms with Gasteiger partial charge in [0.15, 0.2) is 0 Å². The summed E-state index contributed by atoms with van der Waals surface area (Å²) in [7, 11) is 0. The number of rotatable bonds is 2. The number of hydrogen-bond donors (Lipinski definition) is 1. The van der Waals surface area contributed by atoms with E-state index < -0.39 is 0 Å². The number of benzene rings is 1. The fraction of sp³-hybridized carbons (Fsp3) is 0.562. The average Bonchev–Trinajstić information content (AvgIpc) is 2.97. The summed E-state index contributed by atoms with van der Waals surface area (Å²) >= 11 is 6.36. The predicted octanol–water partition coefficient (Wildman–Crippen LogP) is 3.25. The molecule has 3 heteroatoms. The van der Waals surface area contributed by atoms with Gasteiger partial charge in [-0.1, -0.05) is 11.6 Å². The number of nitrogens with zero attached hydrogens (tertiary/aromatic N) is 1. The molecule has 1 spiro atoms. The Labute approximate surface area is 119 Å². The molecule has 0 saturated heterocycles. The number of hydrogen-bond acceptors (Lipinski definition) is 2. The van der Waals surface area contributed by atoms with Crippen LogP contribution < -0.4 is 5.32 Å². The van der Waals surface area contributed by atoms with E-state index >= 15 is 0 Å². The zero-order valence-corrected chi connectivity index (χ0v) is 11.9. The fourth-order valence-electron chi connectivity index (χ4n) is 3.77. The van der Waals surface area contributed by atoms with Crippen molar-refractivity contribution in [1.29, 1.82) is 0 Å². The first-order chi connectivity index (χ1) is 9.27. The highest BCUT2D eigenvalue weighted by Crippen LogP contribution is 2.56. The highest BCUT2D eigenvalue weighted by atomic mass is 35.5. The Balaban J connectivity index is 1.76. The van der Waals surface area contributed by atoms with Gasteiger partial charge in [-0.25, -0.2) is 0 Å². The standard InChI is InChI=1S/C16H19ClN2/c17-12-8-11(9-15-18-6-7-19-15)13-2-1-3-16(4-5-16)14(13)10-12/h8,10H,1-7,9H2,(H,18,19). The lowest BCUT2D eigenvalue weighted by atomic mass is 9.78. The molecule has 0 amide bonds. The molecule has 4 rings (SSSR count). The third kappa shape index (κ3) is 1.97. The van der Waals surface area contributed by atoms with Gasteiger partial charge in [-0.15, -0.1) is 0 Å². The van der Waals surface area contributed by atoms with Crippen molar-refractivity contribution in [2.24, 2.45) is 4.99 Å². The van der Waals surface area contributed by atoms with Crippen LogP contribution in [-0.4, -0.2) is 18.9 Å². The molecule has 19 heavy (non-hydrogen) atoms. The van der Waals surface area contributed by atoms with Crippen LogP contribution in [0.5, 0.6) is 0 Å². The van der Waals surface area contributed by atoms with Crippen LogP contribution in [0.4, 0.5) is 0 Å². The van der Waals surface area contributed by atoms with E-state index in [4.69, 9.17) is 11.6 Å². The van der Waals surface area contributed by atoms with E-state index in [1.54, 1.807) is 11.1 Å². The first-order valence-corrected chi connectivity index (χ1v) is 7.74. The van der Waals surface area contributed by atoms with Crippen molar-refractivity contribution in [2.45, 2.75) is 43.9 Å². The molecule has 1 N–H and O–H groups in total. The summed E-state index contributed by atoms with van der Waals surface area (Å²) in [6.45, 7) is 1.91. The van der Waals surface area contributed by atoms with E-state index in [2.05, 4.69) is 22.4 Å². The minimum absolute atomic E-state index is 0.498. The second-order valence-corrected chi connectivity index (χ2v) is 6.59. The predicted molar refractivity (Wildman–Crippen MR) is 79.3 cm³/mol. The first kappa shape index (κ1) is 11.8. The molecule has 0 bridgehead atoms. The van der Waals surface area contributed by atoms with Crippen molar-refractivity contribution < 1.29 is 0 Å². The largest absolute Gasteiger partial charge is 0.372 e. The Morgan fingerprint density at radius 2 is 2.16 bits per heavy atom. The molecule has 0 atom stereocenters. The molecule has 3 aliphatic rings. The maximum absolute atomic E-state index is 6.36. The van der Waals surface area contributed by atoms with Gasteiger partial charge >= 0.3 is 0 Å². The van der Waals surface area contributed by atoms with Gasteiger partial charge in [0, 0.05) is 18.0 Å². The van der Waals surface area contributed by atoms with Crippen molar-refractivity contribution >= 4 is 17.4 Å². The molecular weight excluding hydrogens is 256 g/mol. The van der Waals surface area contributed by atoms with E-state index in [1.165, 1.54) is 37.7 Å². The summed E-state index contributed by atoms with van der Waals surface area (Å²) in [6, 6.07) is 4.39. The number of aliphatic imine (C=N–C) groups is 1. The maximum Gasteiger partial charge on any atom is 0.101 e. The molecule has 2 nitrogen and oxygen atoms in total. The monoisotopic (exact) mass is 274 g/mol. The quantitative estimate of drug-likeness (QED) is 0.880. The van der Waals surface area contributed by atoms with Gasteiger partial charge in [-0.3, -0.25) is 4.99 Å². The molecule has 1 aliphatic heterocycles. The van der Waals surface area contributed by atoms with Gasteiger partial charge in [0.2, 0.25) is 0 Å². The SMILES string of the molecule is Clc1cc(CC2=NCCN2)c2c(c1)C1(CCC2)CC1. The highest BCUT2D eigenvalue weighted by molar-refractivity contribution is 6.30. The van der Waals surface area contributed by atoms with Crippen molar-refractivity contribution in [3.63, 3.8) is 0 Å². The molecule has 0 aromatic heterocycles. The van der Waals surface area contributed by atoms with Crippen LogP contribution >= 0.6 is 11.6 Å². The third-order valence-electron chi connectivity index (χ3n) is 4.92. The summed E-state index contributed by atoms with van der Waals surface area (Å²) in [6.07, 6.45) is 7.56. The van der Waals surface area contributed by atoms with E-state index in [0.717, 1.165) is 30.4 Å². The summed E-state index contributed by atoms with van der Waals surface area (Å²) in [4.78, 5) is 4.52. The van der Waals surface area contributed by atoms with Crippen molar-refractivity contribution in [3.05, 3.63) is 33.8 Å². The number of nitrogens with one attached hydrogen (secondary N) is 1. The number of halogens is 1. The molecule has 1 heterocycles. The van der Waals surface area contributed by atoms with Crippen LogP contribution in [0.25, 0.3) is 0 Å². The van der Waals surface area contributed by atoms with Crippen LogP contribution in [0, 0.1) is 0 Å². The minimum atomic E-state index is 0.498. The lowest BCUT2D eigenvalue weighted by Gasteiger charge is -2.28. The zero-order valence-electron chi connectivity index (χ0n) is 11.1. The molecule has 0 radical (unpaired) electrons. The van der Waals surface area contributed by atoms with Gasteiger partial charge < -0.3 is 5.32 Å². The molecule has 2 aliphatic carbocycles. The Kier molecular flexibility index (Phi) is 2.63. The van der Waals surface area contributed by atoms with Gasteiger partial charge in [0.25, 0.3) is 0 Å². The van der Waals surface area contributed by atoms with Gasteiger partial charge in [0.1, 0.15) is 5.84 Å². The molecule has 100 valence electrons. The second-order valence-electron chi connectivity index (χ2n) is 6.16. The summed E-state index contributed by atoms with van der Waals surface area (Å²) < 4.78 is 0.